The van der Waals surface area contributed by atoms with Crippen molar-refractivity contribution in [3.05, 3.63) is 0 Å². The molecule has 0 amide bonds. The molecule has 15 heavy (non-hydrogen) atoms. The number of hydrogen-bond acceptors (Lipinski definition) is 3. The molecule has 1 N–H and O–H groups in total. The Hall–Kier alpha value is -0.120. The zero-order valence-electron chi connectivity index (χ0n) is 10.00. The molecule has 0 aliphatic carbocycles. The van der Waals surface area contributed by atoms with Crippen molar-refractivity contribution < 1.29 is 0 Å². The fourth-order valence-corrected chi connectivity index (χ4v) is 3.94. The molecule has 2 unspecified atom stereocenters. The third kappa shape index (κ3) is 1.44. The summed E-state index contributed by atoms with van der Waals surface area (Å²) >= 11 is 0. The van der Waals surface area contributed by atoms with E-state index in [9.17, 15) is 0 Å². The van der Waals surface area contributed by atoms with Crippen molar-refractivity contribution in [3.63, 3.8) is 0 Å². The van der Waals surface area contributed by atoms with E-state index in [1.807, 2.05) is 0 Å². The van der Waals surface area contributed by atoms with Gasteiger partial charge in [-0.05, 0) is 39.8 Å². The van der Waals surface area contributed by atoms with Gasteiger partial charge in [-0.3, -0.25) is 4.90 Å². The lowest BCUT2D eigenvalue weighted by atomic mass is 9.80. The van der Waals surface area contributed by atoms with Crippen LogP contribution in [0.1, 0.15) is 25.7 Å². The van der Waals surface area contributed by atoms with Crippen LogP contribution < -0.4 is 5.32 Å². The van der Waals surface area contributed by atoms with Gasteiger partial charge in [0.15, 0.2) is 0 Å². The SMILES string of the molecule is CN1C2CCC1CC1(CNCCN1C)C2. The van der Waals surface area contributed by atoms with E-state index in [-0.39, 0.29) is 0 Å². The lowest BCUT2D eigenvalue weighted by Crippen LogP contribution is -2.65. The Morgan fingerprint density at radius 3 is 2.40 bits per heavy atom. The van der Waals surface area contributed by atoms with Gasteiger partial charge < -0.3 is 10.2 Å². The molecule has 3 saturated heterocycles. The molecular formula is C12H23N3. The lowest BCUT2D eigenvalue weighted by molar-refractivity contribution is -0.00393. The van der Waals surface area contributed by atoms with Gasteiger partial charge in [0.1, 0.15) is 0 Å². The van der Waals surface area contributed by atoms with E-state index < -0.39 is 0 Å². The summed E-state index contributed by atoms with van der Waals surface area (Å²) in [6, 6.07) is 1.71. The molecule has 2 atom stereocenters. The Bertz CT molecular complexity index is 239. The molecule has 3 aliphatic rings. The minimum absolute atomic E-state index is 0.483. The van der Waals surface area contributed by atoms with Crippen molar-refractivity contribution in [1.82, 2.24) is 15.1 Å². The first-order valence-electron chi connectivity index (χ1n) is 6.35. The number of nitrogens with one attached hydrogen (secondary N) is 1. The molecule has 0 aromatic heterocycles. The van der Waals surface area contributed by atoms with Crippen LogP contribution in [0.5, 0.6) is 0 Å². The predicted molar refractivity (Wildman–Crippen MR) is 62.0 cm³/mol. The summed E-state index contributed by atoms with van der Waals surface area (Å²) in [5, 5.41) is 3.60. The van der Waals surface area contributed by atoms with Crippen molar-refractivity contribution >= 4 is 0 Å². The second kappa shape index (κ2) is 3.44. The normalized spacial score (nSPS) is 47.6. The maximum absolute atomic E-state index is 3.60. The number of piperidine rings is 1. The van der Waals surface area contributed by atoms with Crippen molar-refractivity contribution in [3.8, 4) is 0 Å². The Labute approximate surface area is 92.8 Å². The summed E-state index contributed by atoms with van der Waals surface area (Å²) in [7, 11) is 4.65. The molecule has 2 bridgehead atoms. The third-order valence-corrected chi connectivity index (χ3v) is 5.10. The van der Waals surface area contributed by atoms with Gasteiger partial charge in [0.25, 0.3) is 0 Å². The largest absolute Gasteiger partial charge is 0.314 e. The highest BCUT2D eigenvalue weighted by Gasteiger charge is 2.49. The highest BCUT2D eigenvalue weighted by molar-refractivity contribution is 5.07. The van der Waals surface area contributed by atoms with Crippen molar-refractivity contribution in [1.29, 1.82) is 0 Å². The minimum Gasteiger partial charge on any atom is -0.314 e. The Balaban J connectivity index is 1.82. The molecule has 0 aromatic carbocycles. The fraction of sp³-hybridized carbons (Fsp3) is 1.00. The van der Waals surface area contributed by atoms with E-state index in [0.29, 0.717) is 5.54 Å². The highest BCUT2D eigenvalue weighted by atomic mass is 15.3. The number of likely N-dealkylation sites (N-methyl/N-ethyl adjacent to an activating group) is 1. The molecular weight excluding hydrogens is 186 g/mol. The number of piperazine rings is 1. The minimum atomic E-state index is 0.483. The first-order chi connectivity index (χ1) is 7.21. The molecule has 3 heterocycles. The van der Waals surface area contributed by atoms with E-state index >= 15 is 0 Å². The molecule has 3 heteroatoms. The smallest absolute Gasteiger partial charge is 0.0361 e. The number of fused-ring (bicyclic) bond motifs is 2. The Morgan fingerprint density at radius 2 is 1.80 bits per heavy atom. The fourth-order valence-electron chi connectivity index (χ4n) is 3.94. The summed E-state index contributed by atoms with van der Waals surface area (Å²) < 4.78 is 0. The van der Waals surface area contributed by atoms with Gasteiger partial charge in [-0.2, -0.15) is 0 Å². The van der Waals surface area contributed by atoms with Gasteiger partial charge in [-0.1, -0.05) is 0 Å². The molecule has 3 nitrogen and oxygen atoms in total. The Kier molecular flexibility index (Phi) is 2.31. The predicted octanol–water partition coefficient (Wildman–Crippen LogP) is 0.517. The van der Waals surface area contributed by atoms with Crippen LogP contribution in [0.3, 0.4) is 0 Å². The average molecular weight is 209 g/mol. The summed E-state index contributed by atoms with van der Waals surface area (Å²) in [6.07, 6.45) is 5.61. The van der Waals surface area contributed by atoms with Gasteiger partial charge in [0.2, 0.25) is 0 Å². The molecule has 3 rings (SSSR count). The van der Waals surface area contributed by atoms with Crippen LogP contribution in [0.25, 0.3) is 0 Å². The maximum Gasteiger partial charge on any atom is 0.0361 e. The van der Waals surface area contributed by atoms with E-state index in [1.54, 1.807) is 0 Å². The first kappa shape index (κ1) is 10.1. The molecule has 3 aliphatic heterocycles. The van der Waals surface area contributed by atoms with Crippen LogP contribution in [0.2, 0.25) is 0 Å². The quantitative estimate of drug-likeness (QED) is 0.627. The maximum atomic E-state index is 3.60. The summed E-state index contributed by atoms with van der Waals surface area (Å²) in [6.45, 7) is 3.61. The molecule has 86 valence electrons. The topological polar surface area (TPSA) is 18.5 Å². The second-order valence-electron chi connectivity index (χ2n) is 5.78. The van der Waals surface area contributed by atoms with E-state index in [4.69, 9.17) is 0 Å². The van der Waals surface area contributed by atoms with Crippen LogP contribution >= 0.6 is 0 Å². The number of nitrogens with zero attached hydrogens (tertiary/aromatic N) is 2. The first-order valence-corrected chi connectivity index (χ1v) is 6.35. The van der Waals surface area contributed by atoms with Gasteiger partial charge in [0.05, 0.1) is 0 Å². The summed E-state index contributed by atoms with van der Waals surface area (Å²) in [5.41, 5.74) is 0.483. The molecule has 0 saturated carbocycles. The van der Waals surface area contributed by atoms with Crippen molar-refractivity contribution in [2.75, 3.05) is 33.7 Å². The molecule has 1 spiro atoms. The summed E-state index contributed by atoms with van der Waals surface area (Å²) in [4.78, 5) is 5.26. The zero-order chi connectivity index (χ0) is 10.5. The zero-order valence-corrected chi connectivity index (χ0v) is 10.00. The number of rotatable bonds is 0. The molecule has 0 aromatic rings. The van der Waals surface area contributed by atoms with Gasteiger partial charge in [0, 0.05) is 37.3 Å². The highest BCUT2D eigenvalue weighted by Crippen LogP contribution is 2.42. The van der Waals surface area contributed by atoms with Crippen molar-refractivity contribution in [2.45, 2.75) is 43.3 Å². The van der Waals surface area contributed by atoms with Gasteiger partial charge in [-0.25, -0.2) is 0 Å². The lowest BCUT2D eigenvalue weighted by Gasteiger charge is -2.52. The van der Waals surface area contributed by atoms with Crippen LogP contribution in [-0.4, -0.2) is 61.2 Å². The average Bonchev–Trinajstić information content (AvgIpc) is 2.49. The van der Waals surface area contributed by atoms with Gasteiger partial charge >= 0.3 is 0 Å². The van der Waals surface area contributed by atoms with Crippen LogP contribution in [0, 0.1) is 0 Å². The van der Waals surface area contributed by atoms with Crippen LogP contribution in [0.4, 0.5) is 0 Å². The number of hydrogen-bond donors (Lipinski definition) is 1. The summed E-state index contributed by atoms with van der Waals surface area (Å²) in [5.74, 6) is 0. The molecule has 0 radical (unpaired) electrons. The van der Waals surface area contributed by atoms with Crippen LogP contribution in [0.15, 0.2) is 0 Å². The second-order valence-corrected chi connectivity index (χ2v) is 5.78. The monoisotopic (exact) mass is 209 g/mol. The van der Waals surface area contributed by atoms with Crippen LogP contribution in [-0.2, 0) is 0 Å². The molecule has 3 fully saturated rings. The third-order valence-electron chi connectivity index (χ3n) is 5.10. The standard InChI is InChI=1S/C12H23N3/c1-14-6-5-13-9-12(14)7-10-3-4-11(8-12)15(10)2/h10-11,13H,3-9H2,1-2H3. The van der Waals surface area contributed by atoms with E-state index in [0.717, 1.165) is 12.1 Å². The van der Waals surface area contributed by atoms with Gasteiger partial charge in [-0.15, -0.1) is 0 Å². The van der Waals surface area contributed by atoms with E-state index in [2.05, 4.69) is 29.2 Å². The van der Waals surface area contributed by atoms with Crippen molar-refractivity contribution in [2.24, 2.45) is 0 Å². The van der Waals surface area contributed by atoms with E-state index in [1.165, 1.54) is 45.3 Å². The Morgan fingerprint density at radius 1 is 1.13 bits per heavy atom.